The maximum absolute atomic E-state index is 4.28. The predicted molar refractivity (Wildman–Crippen MR) is 114 cm³/mol. The van der Waals surface area contributed by atoms with Crippen molar-refractivity contribution in [2.24, 2.45) is 10.9 Å². The van der Waals surface area contributed by atoms with Crippen molar-refractivity contribution in [1.82, 2.24) is 20.4 Å². The molecule has 1 heterocycles. The molecular formula is C19H28IN5. The third-order valence-electron chi connectivity index (χ3n) is 4.41. The fraction of sp³-hybridized carbons (Fsp3) is 0.474. The van der Waals surface area contributed by atoms with Gasteiger partial charge in [0, 0.05) is 32.5 Å². The first kappa shape index (κ1) is 19.8. The first-order valence-electron chi connectivity index (χ1n) is 8.88. The van der Waals surface area contributed by atoms with E-state index in [9.17, 15) is 0 Å². The van der Waals surface area contributed by atoms with Crippen LogP contribution in [0.3, 0.4) is 0 Å². The predicted octanol–water partition coefficient (Wildman–Crippen LogP) is 3.39. The Morgan fingerprint density at radius 2 is 1.96 bits per heavy atom. The Morgan fingerprint density at radius 3 is 2.60 bits per heavy atom. The maximum Gasteiger partial charge on any atom is 0.190 e. The van der Waals surface area contributed by atoms with Crippen LogP contribution >= 0.6 is 24.0 Å². The Kier molecular flexibility index (Phi) is 8.24. The third kappa shape index (κ3) is 6.68. The number of hydrogen-bond acceptors (Lipinski definition) is 2. The molecular weight excluding hydrogens is 425 g/mol. The molecule has 0 atom stereocenters. The van der Waals surface area contributed by atoms with Crippen molar-refractivity contribution < 1.29 is 0 Å². The second kappa shape index (κ2) is 10.4. The molecule has 0 aliphatic heterocycles. The van der Waals surface area contributed by atoms with Crippen molar-refractivity contribution in [3.63, 3.8) is 0 Å². The van der Waals surface area contributed by atoms with Crippen molar-refractivity contribution in [2.45, 2.75) is 32.1 Å². The normalized spacial score (nSPS) is 14.0. The van der Waals surface area contributed by atoms with Crippen LogP contribution in [0.2, 0.25) is 0 Å². The molecule has 1 aromatic heterocycles. The van der Waals surface area contributed by atoms with Crippen LogP contribution in [-0.4, -0.2) is 35.9 Å². The van der Waals surface area contributed by atoms with Gasteiger partial charge < -0.3 is 10.6 Å². The highest BCUT2D eigenvalue weighted by molar-refractivity contribution is 14.0. The van der Waals surface area contributed by atoms with Gasteiger partial charge >= 0.3 is 0 Å². The molecule has 0 bridgehead atoms. The number of aliphatic imine (C=N–C) groups is 1. The highest BCUT2D eigenvalue weighted by Crippen LogP contribution is 2.33. The van der Waals surface area contributed by atoms with Crippen molar-refractivity contribution in [3.05, 3.63) is 48.3 Å². The smallest absolute Gasteiger partial charge is 0.190 e. The Balaban J connectivity index is 0.00000225. The van der Waals surface area contributed by atoms with Crippen molar-refractivity contribution in [3.8, 4) is 5.69 Å². The minimum Gasteiger partial charge on any atom is -0.356 e. The van der Waals surface area contributed by atoms with Crippen molar-refractivity contribution in [1.29, 1.82) is 0 Å². The zero-order valence-electron chi connectivity index (χ0n) is 14.8. The van der Waals surface area contributed by atoms with Gasteiger partial charge in [-0.2, -0.15) is 5.10 Å². The SMILES string of the molecule is CN=C(NCCCC1CC1)NCCc1ccc(-n2cccn2)cc1.I. The fourth-order valence-corrected chi connectivity index (χ4v) is 2.79. The summed E-state index contributed by atoms with van der Waals surface area (Å²) in [6.07, 6.45) is 10.2. The molecule has 2 aromatic rings. The van der Waals surface area contributed by atoms with Gasteiger partial charge in [-0.15, -0.1) is 24.0 Å². The second-order valence-corrected chi connectivity index (χ2v) is 6.38. The molecule has 0 amide bonds. The number of halogens is 1. The van der Waals surface area contributed by atoms with E-state index >= 15 is 0 Å². The zero-order valence-corrected chi connectivity index (χ0v) is 17.1. The molecule has 1 saturated carbocycles. The maximum atomic E-state index is 4.28. The van der Waals surface area contributed by atoms with E-state index in [1.807, 2.05) is 24.0 Å². The molecule has 0 saturated heterocycles. The summed E-state index contributed by atoms with van der Waals surface area (Å²) in [6, 6.07) is 10.5. The number of aromatic nitrogens is 2. The van der Waals surface area contributed by atoms with E-state index in [0.717, 1.165) is 37.1 Å². The standard InChI is InChI=1S/C19H27N5.HI/c1-20-19(21-12-2-4-16-5-6-16)22-14-11-17-7-9-18(10-8-17)24-15-3-13-23-24;/h3,7-10,13,15-16H,2,4-6,11-12,14H2,1H3,(H2,20,21,22);1H. The van der Waals surface area contributed by atoms with Crippen molar-refractivity contribution >= 4 is 29.9 Å². The summed E-state index contributed by atoms with van der Waals surface area (Å²) in [6.45, 7) is 1.89. The highest BCUT2D eigenvalue weighted by Gasteiger charge is 2.19. The molecule has 0 unspecified atom stereocenters. The average molecular weight is 453 g/mol. The third-order valence-corrected chi connectivity index (χ3v) is 4.41. The van der Waals surface area contributed by atoms with Crippen LogP contribution in [0, 0.1) is 5.92 Å². The van der Waals surface area contributed by atoms with E-state index in [4.69, 9.17) is 0 Å². The number of nitrogens with zero attached hydrogens (tertiary/aromatic N) is 3. The summed E-state index contributed by atoms with van der Waals surface area (Å²) in [5.74, 6) is 1.91. The van der Waals surface area contributed by atoms with E-state index in [1.165, 1.54) is 31.2 Å². The molecule has 0 radical (unpaired) electrons. The number of rotatable bonds is 8. The van der Waals surface area contributed by atoms with E-state index in [0.29, 0.717) is 0 Å². The molecule has 1 aliphatic rings. The lowest BCUT2D eigenvalue weighted by Gasteiger charge is -2.12. The zero-order chi connectivity index (χ0) is 16.6. The van der Waals surface area contributed by atoms with Gasteiger partial charge in [0.05, 0.1) is 5.69 Å². The van der Waals surface area contributed by atoms with Crippen LogP contribution in [0.5, 0.6) is 0 Å². The highest BCUT2D eigenvalue weighted by atomic mass is 127. The first-order chi connectivity index (χ1) is 11.8. The Labute approximate surface area is 167 Å². The van der Waals surface area contributed by atoms with Gasteiger partial charge in [0.15, 0.2) is 5.96 Å². The molecule has 1 aromatic carbocycles. The molecule has 3 rings (SSSR count). The first-order valence-corrected chi connectivity index (χ1v) is 8.88. The van der Waals surface area contributed by atoms with Gasteiger partial charge in [0.25, 0.3) is 0 Å². The number of benzene rings is 1. The van der Waals surface area contributed by atoms with Gasteiger partial charge in [-0.1, -0.05) is 25.0 Å². The minimum absolute atomic E-state index is 0. The van der Waals surface area contributed by atoms with E-state index in [2.05, 4.69) is 45.0 Å². The number of nitrogens with one attached hydrogen (secondary N) is 2. The van der Waals surface area contributed by atoms with Crippen LogP contribution < -0.4 is 10.6 Å². The van der Waals surface area contributed by atoms with E-state index in [1.54, 1.807) is 6.20 Å². The Hall–Kier alpha value is -1.57. The molecule has 136 valence electrons. The quantitative estimate of drug-likeness (QED) is 0.279. The van der Waals surface area contributed by atoms with E-state index in [-0.39, 0.29) is 24.0 Å². The monoisotopic (exact) mass is 453 g/mol. The topological polar surface area (TPSA) is 54.2 Å². The summed E-state index contributed by atoms with van der Waals surface area (Å²) in [7, 11) is 1.83. The minimum atomic E-state index is 0. The lowest BCUT2D eigenvalue weighted by molar-refractivity contribution is 0.644. The van der Waals surface area contributed by atoms with Crippen LogP contribution in [0.4, 0.5) is 0 Å². The van der Waals surface area contributed by atoms with Gasteiger partial charge in [0.2, 0.25) is 0 Å². The largest absolute Gasteiger partial charge is 0.356 e. The number of guanidine groups is 1. The lowest BCUT2D eigenvalue weighted by Crippen LogP contribution is -2.38. The Morgan fingerprint density at radius 1 is 1.20 bits per heavy atom. The summed E-state index contributed by atoms with van der Waals surface area (Å²) < 4.78 is 1.87. The van der Waals surface area contributed by atoms with Crippen LogP contribution in [0.25, 0.3) is 5.69 Å². The van der Waals surface area contributed by atoms with Crippen molar-refractivity contribution in [2.75, 3.05) is 20.1 Å². The van der Waals surface area contributed by atoms with Crippen LogP contribution in [0.15, 0.2) is 47.7 Å². The second-order valence-electron chi connectivity index (χ2n) is 6.38. The van der Waals surface area contributed by atoms with Gasteiger partial charge in [-0.3, -0.25) is 4.99 Å². The fourth-order valence-electron chi connectivity index (χ4n) is 2.79. The molecule has 0 spiro atoms. The molecule has 1 fully saturated rings. The molecule has 25 heavy (non-hydrogen) atoms. The lowest BCUT2D eigenvalue weighted by atomic mass is 10.1. The average Bonchev–Trinajstić information content (AvgIpc) is 3.28. The molecule has 6 heteroatoms. The van der Waals surface area contributed by atoms with E-state index < -0.39 is 0 Å². The molecule has 1 aliphatic carbocycles. The van der Waals surface area contributed by atoms with Gasteiger partial charge in [-0.25, -0.2) is 4.68 Å². The van der Waals surface area contributed by atoms with Crippen LogP contribution in [0.1, 0.15) is 31.2 Å². The summed E-state index contributed by atoms with van der Waals surface area (Å²) in [5.41, 5.74) is 2.40. The van der Waals surface area contributed by atoms with Crippen LogP contribution in [-0.2, 0) is 6.42 Å². The Bertz CT molecular complexity index is 632. The summed E-state index contributed by atoms with van der Waals surface area (Å²) in [4.78, 5) is 4.28. The summed E-state index contributed by atoms with van der Waals surface area (Å²) in [5, 5.41) is 11.0. The van der Waals surface area contributed by atoms with Gasteiger partial charge in [-0.05, 0) is 48.9 Å². The summed E-state index contributed by atoms with van der Waals surface area (Å²) >= 11 is 0. The molecule has 2 N–H and O–H groups in total. The number of hydrogen-bond donors (Lipinski definition) is 2. The van der Waals surface area contributed by atoms with Gasteiger partial charge in [0.1, 0.15) is 0 Å². The molecule has 5 nitrogen and oxygen atoms in total.